The van der Waals surface area contributed by atoms with E-state index in [9.17, 15) is 0 Å². The molecule has 0 heterocycles. The van der Waals surface area contributed by atoms with Crippen LogP contribution in [0.4, 0.5) is 0 Å². The minimum Gasteiger partial charge on any atom is -0.402 e. The molecule has 0 saturated heterocycles. The van der Waals surface area contributed by atoms with Crippen molar-refractivity contribution in [2.75, 3.05) is 0 Å². The lowest BCUT2D eigenvalue weighted by atomic mass is 9.73. The van der Waals surface area contributed by atoms with Gasteiger partial charge in [-0.05, 0) is 36.8 Å². The van der Waals surface area contributed by atoms with Gasteiger partial charge in [-0.15, -0.1) is 0 Å². The quantitative estimate of drug-likeness (QED) is 0.681. The summed E-state index contributed by atoms with van der Waals surface area (Å²) in [5, 5.41) is 9.08. The zero-order valence-corrected chi connectivity index (χ0v) is 12.8. The lowest BCUT2D eigenvalue weighted by Crippen LogP contribution is -2.29. The molecule has 3 heteroatoms. The summed E-state index contributed by atoms with van der Waals surface area (Å²) < 4.78 is 5.69. The number of hydrogen-bond donors (Lipinski definition) is 0. The summed E-state index contributed by atoms with van der Waals surface area (Å²) in [6.07, 6.45) is 1.70. The Morgan fingerprint density at radius 3 is 2.00 bits per heavy atom. The van der Waals surface area contributed by atoms with E-state index >= 15 is 0 Å². The van der Waals surface area contributed by atoms with Gasteiger partial charge < -0.3 is 4.43 Å². The first-order valence-corrected chi connectivity index (χ1v) is 8.33. The molecule has 0 N–H and O–H groups in total. The normalized spacial score (nSPS) is 14.9. The van der Waals surface area contributed by atoms with Gasteiger partial charge in [-0.1, -0.05) is 34.6 Å². The van der Waals surface area contributed by atoms with Crippen LogP contribution in [0.5, 0.6) is 0 Å². The second kappa shape index (κ2) is 5.84. The third-order valence-corrected chi connectivity index (χ3v) is 3.02. The fraction of sp³-hybridized carbons (Fsp3) is 0.923. The van der Waals surface area contributed by atoms with Crippen LogP contribution in [0.25, 0.3) is 0 Å². The van der Waals surface area contributed by atoms with Crippen molar-refractivity contribution in [2.45, 2.75) is 66.7 Å². The molecule has 0 rings (SSSR count). The standard InChI is InChI=1S/C13H26NOSi/c1-12(2,3)10-13(4,5)8-11(9-14)15-16(6)7/h11H,8,10H2,1-7H3. The van der Waals surface area contributed by atoms with Crippen molar-refractivity contribution in [3.63, 3.8) is 0 Å². The largest absolute Gasteiger partial charge is 0.402 e. The molecule has 1 atom stereocenters. The molecule has 1 radical (unpaired) electrons. The average molecular weight is 240 g/mol. The highest BCUT2D eigenvalue weighted by Crippen LogP contribution is 2.37. The Morgan fingerprint density at radius 2 is 1.69 bits per heavy atom. The minimum atomic E-state index is -0.783. The van der Waals surface area contributed by atoms with Gasteiger partial charge in [-0.2, -0.15) is 5.26 Å². The van der Waals surface area contributed by atoms with Crippen LogP contribution in [-0.4, -0.2) is 15.1 Å². The molecule has 0 aliphatic heterocycles. The summed E-state index contributed by atoms with van der Waals surface area (Å²) in [7, 11) is -0.783. The van der Waals surface area contributed by atoms with Crippen molar-refractivity contribution >= 4 is 9.04 Å². The molecule has 0 aliphatic carbocycles. The molecule has 16 heavy (non-hydrogen) atoms. The van der Waals surface area contributed by atoms with Gasteiger partial charge in [0.2, 0.25) is 9.04 Å². The van der Waals surface area contributed by atoms with Crippen molar-refractivity contribution < 1.29 is 4.43 Å². The molecule has 0 spiro atoms. The Bertz CT molecular complexity index is 248. The number of nitriles is 1. The molecule has 0 amide bonds. The maximum atomic E-state index is 9.08. The van der Waals surface area contributed by atoms with E-state index in [0.29, 0.717) is 5.41 Å². The minimum absolute atomic E-state index is 0.163. The molecule has 0 aliphatic rings. The summed E-state index contributed by atoms with van der Waals surface area (Å²) in [4.78, 5) is 0. The first kappa shape index (κ1) is 15.7. The van der Waals surface area contributed by atoms with E-state index in [1.54, 1.807) is 0 Å². The van der Waals surface area contributed by atoms with Gasteiger partial charge in [0, 0.05) is 0 Å². The predicted octanol–water partition coefficient (Wildman–Crippen LogP) is 4.00. The van der Waals surface area contributed by atoms with E-state index in [1.165, 1.54) is 0 Å². The molecule has 2 nitrogen and oxygen atoms in total. The van der Waals surface area contributed by atoms with Gasteiger partial charge in [0.05, 0.1) is 6.07 Å². The Balaban J connectivity index is 4.38. The summed E-state index contributed by atoms with van der Waals surface area (Å²) in [6.45, 7) is 15.3. The van der Waals surface area contributed by atoms with Crippen molar-refractivity contribution in [1.82, 2.24) is 0 Å². The second-order valence-corrected chi connectivity index (χ2v) is 8.80. The van der Waals surface area contributed by atoms with Crippen LogP contribution in [0.1, 0.15) is 47.5 Å². The maximum Gasteiger partial charge on any atom is 0.206 e. The van der Waals surface area contributed by atoms with Gasteiger partial charge in [-0.3, -0.25) is 0 Å². The van der Waals surface area contributed by atoms with E-state index in [0.717, 1.165) is 12.8 Å². The van der Waals surface area contributed by atoms with Crippen molar-refractivity contribution in [3.8, 4) is 6.07 Å². The second-order valence-electron chi connectivity index (χ2n) is 6.75. The third kappa shape index (κ3) is 7.89. The molecular weight excluding hydrogens is 214 g/mol. The first-order chi connectivity index (χ1) is 7.06. The molecule has 0 aromatic carbocycles. The highest BCUT2D eigenvalue weighted by molar-refractivity contribution is 6.48. The highest BCUT2D eigenvalue weighted by atomic mass is 28.3. The molecule has 93 valence electrons. The lowest BCUT2D eigenvalue weighted by molar-refractivity contribution is 0.135. The van der Waals surface area contributed by atoms with Crippen molar-refractivity contribution in [1.29, 1.82) is 5.26 Å². The zero-order chi connectivity index (χ0) is 13.0. The van der Waals surface area contributed by atoms with Crippen LogP contribution < -0.4 is 0 Å². The molecule has 0 aromatic rings. The monoisotopic (exact) mass is 240 g/mol. The Kier molecular flexibility index (Phi) is 5.71. The SMILES string of the molecule is C[Si](C)OC(C#N)CC(C)(C)CC(C)(C)C. The van der Waals surface area contributed by atoms with Crippen LogP contribution in [0.3, 0.4) is 0 Å². The van der Waals surface area contributed by atoms with E-state index < -0.39 is 9.04 Å². The van der Waals surface area contributed by atoms with E-state index in [4.69, 9.17) is 9.69 Å². The Labute approximate surface area is 103 Å². The molecule has 1 unspecified atom stereocenters. The number of nitrogens with zero attached hydrogens (tertiary/aromatic N) is 1. The van der Waals surface area contributed by atoms with E-state index in [1.807, 2.05) is 0 Å². The molecule has 0 fully saturated rings. The summed E-state index contributed by atoms with van der Waals surface area (Å²) >= 11 is 0. The van der Waals surface area contributed by atoms with E-state index in [2.05, 4.69) is 53.8 Å². The zero-order valence-electron chi connectivity index (χ0n) is 11.8. The lowest BCUT2D eigenvalue weighted by Gasteiger charge is -2.34. The van der Waals surface area contributed by atoms with Gasteiger partial charge >= 0.3 is 0 Å². The van der Waals surface area contributed by atoms with Gasteiger partial charge in [0.25, 0.3) is 0 Å². The topological polar surface area (TPSA) is 33.0 Å². The van der Waals surface area contributed by atoms with Crippen LogP contribution in [-0.2, 0) is 4.43 Å². The number of hydrogen-bond acceptors (Lipinski definition) is 2. The first-order valence-electron chi connectivity index (χ1n) is 5.92. The smallest absolute Gasteiger partial charge is 0.206 e. The van der Waals surface area contributed by atoms with Crippen molar-refractivity contribution in [2.24, 2.45) is 10.8 Å². The fourth-order valence-corrected chi connectivity index (χ4v) is 3.11. The van der Waals surface area contributed by atoms with Crippen LogP contribution in [0.2, 0.25) is 13.1 Å². The summed E-state index contributed by atoms with van der Waals surface area (Å²) in [6, 6.07) is 2.28. The Morgan fingerprint density at radius 1 is 1.19 bits per heavy atom. The number of rotatable bonds is 5. The molecule has 0 aromatic heterocycles. The summed E-state index contributed by atoms with van der Waals surface area (Å²) in [5.41, 5.74) is 0.464. The van der Waals surface area contributed by atoms with Crippen molar-refractivity contribution in [3.05, 3.63) is 0 Å². The van der Waals surface area contributed by atoms with Gasteiger partial charge in [0.15, 0.2) is 0 Å². The van der Waals surface area contributed by atoms with Crippen LogP contribution in [0, 0.1) is 22.2 Å². The highest BCUT2D eigenvalue weighted by Gasteiger charge is 2.29. The Hall–Kier alpha value is -0.333. The van der Waals surface area contributed by atoms with Crippen LogP contribution in [0.15, 0.2) is 0 Å². The molecule has 0 saturated carbocycles. The summed E-state index contributed by atoms with van der Waals surface area (Å²) in [5.74, 6) is 0. The van der Waals surface area contributed by atoms with Gasteiger partial charge in [0.1, 0.15) is 6.10 Å². The molecular formula is C13H26NOSi. The predicted molar refractivity (Wildman–Crippen MR) is 70.4 cm³/mol. The fourth-order valence-electron chi connectivity index (χ4n) is 2.41. The van der Waals surface area contributed by atoms with Crippen LogP contribution >= 0.6 is 0 Å². The van der Waals surface area contributed by atoms with E-state index in [-0.39, 0.29) is 11.5 Å². The molecule has 0 bridgehead atoms. The maximum absolute atomic E-state index is 9.08. The average Bonchev–Trinajstić information content (AvgIpc) is 1.96. The van der Waals surface area contributed by atoms with Gasteiger partial charge in [-0.25, -0.2) is 0 Å². The third-order valence-electron chi connectivity index (χ3n) is 2.27.